The second-order valence-corrected chi connectivity index (χ2v) is 9.44. The van der Waals surface area contributed by atoms with Crippen molar-refractivity contribution >= 4 is 37.4 Å². The number of carbonyl (C=O) groups is 1. The maximum atomic E-state index is 12.7. The minimum atomic E-state index is -4.00. The van der Waals surface area contributed by atoms with Crippen molar-refractivity contribution in [2.45, 2.75) is 11.8 Å². The molecule has 0 fully saturated rings. The second kappa shape index (κ2) is 8.57. The van der Waals surface area contributed by atoms with E-state index in [0.717, 1.165) is 6.26 Å². The van der Waals surface area contributed by atoms with Gasteiger partial charge in [-0.3, -0.25) is 9.44 Å². The normalized spacial score (nSPS) is 11.6. The van der Waals surface area contributed by atoms with Gasteiger partial charge in [0.25, 0.3) is 10.0 Å². The number of benzene rings is 2. The fourth-order valence-electron chi connectivity index (χ4n) is 2.36. The number of methoxy groups -OCH3 is 1. The van der Waals surface area contributed by atoms with Gasteiger partial charge in [0, 0.05) is 0 Å². The molecule has 0 radical (unpaired) electrons. The van der Waals surface area contributed by atoms with Crippen LogP contribution in [-0.4, -0.2) is 47.9 Å². The lowest BCUT2D eigenvalue weighted by molar-refractivity contribution is -0.139. The molecule has 2 rings (SSSR count). The number of hydrogen-bond donors (Lipinski definition) is 3. The van der Waals surface area contributed by atoms with E-state index in [4.69, 9.17) is 14.6 Å². The summed E-state index contributed by atoms with van der Waals surface area (Å²) in [4.78, 5) is 10.5. The predicted molar refractivity (Wildman–Crippen MR) is 107 cm³/mol. The van der Waals surface area contributed by atoms with Crippen LogP contribution in [0, 0.1) is 6.92 Å². The molecule has 2 aromatic rings. The number of hydrogen-bond acceptors (Lipinski definition) is 7. The van der Waals surface area contributed by atoms with Gasteiger partial charge in [-0.25, -0.2) is 21.6 Å². The second-order valence-electron chi connectivity index (χ2n) is 6.00. The Morgan fingerprint density at radius 2 is 1.69 bits per heavy atom. The van der Waals surface area contributed by atoms with Gasteiger partial charge in [-0.2, -0.15) is 0 Å². The van der Waals surface area contributed by atoms with Crippen molar-refractivity contribution in [2.75, 3.05) is 29.4 Å². The van der Waals surface area contributed by atoms with Crippen molar-refractivity contribution in [3.8, 4) is 11.5 Å². The van der Waals surface area contributed by atoms with Crippen LogP contribution in [0.25, 0.3) is 0 Å². The number of carboxylic acids is 1. The monoisotopic (exact) mass is 444 g/mol. The number of nitrogens with one attached hydrogen (secondary N) is 2. The standard InChI is InChI=1S/C17H20N2O8S2/c1-11-8-13(5-7-15(11)27-10-17(20)21)29(24,25)18-12-4-6-16(26-2)14(9-12)19-28(3,22)23/h4-9,18-19H,10H2,1-3H3,(H,20,21). The van der Waals surface area contributed by atoms with Gasteiger partial charge in [0.2, 0.25) is 10.0 Å². The highest BCUT2D eigenvalue weighted by atomic mass is 32.2. The molecule has 0 bridgehead atoms. The van der Waals surface area contributed by atoms with Crippen LogP contribution in [0.4, 0.5) is 11.4 Å². The molecule has 3 N–H and O–H groups in total. The molecule has 0 atom stereocenters. The molecule has 0 aliphatic carbocycles. The molecule has 0 saturated carbocycles. The Morgan fingerprint density at radius 3 is 2.24 bits per heavy atom. The number of rotatable bonds is 9. The van der Waals surface area contributed by atoms with Crippen LogP contribution < -0.4 is 18.9 Å². The largest absolute Gasteiger partial charge is 0.495 e. The molecule has 0 unspecified atom stereocenters. The van der Waals surface area contributed by atoms with Crippen LogP contribution >= 0.6 is 0 Å². The quantitative estimate of drug-likeness (QED) is 0.529. The Kier molecular flexibility index (Phi) is 6.59. The molecule has 0 amide bonds. The predicted octanol–water partition coefficient (Wildman–Crippen LogP) is 1.64. The maximum absolute atomic E-state index is 12.7. The van der Waals surface area contributed by atoms with Crippen LogP contribution in [0.1, 0.15) is 5.56 Å². The van der Waals surface area contributed by atoms with Crippen molar-refractivity contribution in [2.24, 2.45) is 0 Å². The molecule has 0 saturated heterocycles. The van der Waals surface area contributed by atoms with Crippen molar-refractivity contribution in [1.29, 1.82) is 0 Å². The van der Waals surface area contributed by atoms with Gasteiger partial charge in [-0.15, -0.1) is 0 Å². The van der Waals surface area contributed by atoms with Gasteiger partial charge < -0.3 is 14.6 Å². The van der Waals surface area contributed by atoms with Gasteiger partial charge in [0.1, 0.15) is 11.5 Å². The molecule has 12 heteroatoms. The third-order valence-electron chi connectivity index (χ3n) is 3.55. The lowest BCUT2D eigenvalue weighted by Crippen LogP contribution is -2.15. The summed E-state index contributed by atoms with van der Waals surface area (Å²) in [5, 5.41) is 8.66. The van der Waals surface area contributed by atoms with Gasteiger partial charge in [-0.05, 0) is 48.9 Å². The molecule has 0 aliphatic rings. The molecule has 0 spiro atoms. The first-order valence-electron chi connectivity index (χ1n) is 8.05. The first kappa shape index (κ1) is 22.3. The zero-order valence-corrected chi connectivity index (χ0v) is 17.4. The van der Waals surface area contributed by atoms with E-state index in [1.807, 2.05) is 0 Å². The minimum absolute atomic E-state index is 0.0730. The summed E-state index contributed by atoms with van der Waals surface area (Å²) in [5.74, 6) is -0.689. The first-order chi connectivity index (χ1) is 13.4. The smallest absolute Gasteiger partial charge is 0.341 e. The van der Waals surface area contributed by atoms with Gasteiger partial charge >= 0.3 is 5.97 Å². The Bertz CT molecular complexity index is 1130. The fraction of sp³-hybridized carbons (Fsp3) is 0.235. The molecular weight excluding hydrogens is 424 g/mol. The van der Waals surface area contributed by atoms with Crippen molar-refractivity contribution in [1.82, 2.24) is 0 Å². The van der Waals surface area contributed by atoms with E-state index >= 15 is 0 Å². The maximum Gasteiger partial charge on any atom is 0.341 e. The summed E-state index contributed by atoms with van der Waals surface area (Å²) in [6.45, 7) is 1.03. The fourth-order valence-corrected chi connectivity index (χ4v) is 4.05. The highest BCUT2D eigenvalue weighted by molar-refractivity contribution is 7.92. The number of sulfonamides is 2. The van der Waals surface area contributed by atoms with E-state index in [-0.39, 0.29) is 27.8 Å². The van der Waals surface area contributed by atoms with Crippen LogP contribution in [0.15, 0.2) is 41.3 Å². The molecule has 2 aromatic carbocycles. The lowest BCUT2D eigenvalue weighted by Gasteiger charge is -2.14. The van der Waals surface area contributed by atoms with E-state index in [2.05, 4.69) is 9.44 Å². The van der Waals surface area contributed by atoms with Crippen LogP contribution in [0.2, 0.25) is 0 Å². The Morgan fingerprint density at radius 1 is 1.03 bits per heavy atom. The van der Waals surface area contributed by atoms with E-state index < -0.39 is 32.6 Å². The van der Waals surface area contributed by atoms with Gasteiger partial charge in [-0.1, -0.05) is 0 Å². The SMILES string of the molecule is COc1ccc(NS(=O)(=O)c2ccc(OCC(=O)O)c(C)c2)cc1NS(C)(=O)=O. The van der Waals surface area contributed by atoms with Crippen LogP contribution in [0.3, 0.4) is 0 Å². The van der Waals surface area contributed by atoms with E-state index in [9.17, 15) is 21.6 Å². The topological polar surface area (TPSA) is 148 Å². The number of aliphatic carboxylic acids is 1. The van der Waals surface area contributed by atoms with Crippen molar-refractivity contribution < 1.29 is 36.2 Å². The number of ether oxygens (including phenoxy) is 2. The number of anilines is 2. The Balaban J connectivity index is 2.30. The zero-order valence-electron chi connectivity index (χ0n) is 15.8. The summed E-state index contributed by atoms with van der Waals surface area (Å²) >= 11 is 0. The van der Waals surface area contributed by atoms with Crippen molar-refractivity contribution in [3.05, 3.63) is 42.0 Å². The summed E-state index contributed by atoms with van der Waals surface area (Å²) in [5.41, 5.74) is 0.618. The lowest BCUT2D eigenvalue weighted by atomic mass is 10.2. The van der Waals surface area contributed by atoms with Crippen LogP contribution in [-0.2, 0) is 24.8 Å². The molecule has 0 aliphatic heterocycles. The van der Waals surface area contributed by atoms with E-state index in [0.29, 0.717) is 5.56 Å². The third kappa shape index (κ3) is 6.26. The summed E-state index contributed by atoms with van der Waals surface area (Å²) < 4.78 is 63.1. The molecule has 158 valence electrons. The third-order valence-corrected chi connectivity index (χ3v) is 5.52. The highest BCUT2D eigenvalue weighted by Gasteiger charge is 2.18. The van der Waals surface area contributed by atoms with Crippen LogP contribution in [0.5, 0.6) is 11.5 Å². The molecule has 29 heavy (non-hydrogen) atoms. The van der Waals surface area contributed by atoms with Gasteiger partial charge in [0.15, 0.2) is 6.61 Å². The Hall–Kier alpha value is -2.99. The number of aryl methyl sites for hydroxylation is 1. The Labute approximate surface area is 168 Å². The molecule has 10 nitrogen and oxygen atoms in total. The highest BCUT2D eigenvalue weighted by Crippen LogP contribution is 2.30. The summed E-state index contributed by atoms with van der Waals surface area (Å²) in [7, 11) is -6.26. The molecular formula is C17H20N2O8S2. The molecule has 0 heterocycles. The van der Waals surface area contributed by atoms with E-state index in [1.165, 1.54) is 43.5 Å². The first-order valence-corrected chi connectivity index (χ1v) is 11.4. The van der Waals surface area contributed by atoms with Crippen molar-refractivity contribution in [3.63, 3.8) is 0 Å². The van der Waals surface area contributed by atoms with Gasteiger partial charge in [0.05, 0.1) is 29.6 Å². The van der Waals surface area contributed by atoms with E-state index in [1.54, 1.807) is 6.92 Å². The minimum Gasteiger partial charge on any atom is -0.495 e. The molecule has 0 aromatic heterocycles. The average molecular weight is 444 g/mol. The number of carboxylic acid groups (broad SMARTS) is 1. The zero-order chi connectivity index (χ0) is 21.8. The average Bonchev–Trinajstić information content (AvgIpc) is 2.59. The summed E-state index contributed by atoms with van der Waals surface area (Å²) in [6, 6.07) is 8.08. The summed E-state index contributed by atoms with van der Waals surface area (Å²) in [6.07, 6.45) is 0.958.